The van der Waals surface area contributed by atoms with Crippen LogP contribution in [0.5, 0.6) is 0 Å². The Kier molecular flexibility index (Phi) is 1.97. The van der Waals surface area contributed by atoms with Crippen LogP contribution in [0.2, 0.25) is 0 Å². The third kappa shape index (κ3) is 1.34. The number of nitrogen functional groups attached to an aromatic ring is 1. The zero-order valence-electron chi connectivity index (χ0n) is 8.07. The largest absolute Gasteiger partial charge is 0.398 e. The lowest BCUT2D eigenvalue weighted by molar-refractivity contribution is 0.429. The van der Waals surface area contributed by atoms with Gasteiger partial charge in [0.2, 0.25) is 0 Å². The van der Waals surface area contributed by atoms with E-state index in [2.05, 4.69) is 30.6 Å². The Hall–Kier alpha value is -1.07. The van der Waals surface area contributed by atoms with Crippen molar-refractivity contribution in [1.29, 1.82) is 0 Å². The van der Waals surface area contributed by atoms with Gasteiger partial charge in [0.05, 0.1) is 5.52 Å². The summed E-state index contributed by atoms with van der Waals surface area (Å²) in [5.74, 6) is 1.59. The molecule has 5 heteroatoms. The van der Waals surface area contributed by atoms with Crippen LogP contribution in [0.4, 0.5) is 5.69 Å². The Labute approximate surface area is 95.6 Å². The van der Waals surface area contributed by atoms with E-state index in [-0.39, 0.29) is 0 Å². The first-order chi connectivity index (χ1) is 7.25. The fourth-order valence-corrected chi connectivity index (χ4v) is 2.35. The molecule has 0 spiro atoms. The highest BCUT2D eigenvalue weighted by atomic mass is 79.9. The SMILES string of the molecule is Nc1ccc2c(Br)nc(C3CNC3)n2c1. The third-order valence-electron chi connectivity index (χ3n) is 2.79. The third-order valence-corrected chi connectivity index (χ3v) is 3.37. The molecule has 3 rings (SSSR count). The summed E-state index contributed by atoms with van der Waals surface area (Å²) in [5, 5.41) is 3.25. The molecule has 3 N–H and O–H groups in total. The molecule has 2 aromatic heterocycles. The van der Waals surface area contributed by atoms with Crippen molar-refractivity contribution in [2.75, 3.05) is 18.8 Å². The van der Waals surface area contributed by atoms with Crippen molar-refractivity contribution >= 4 is 27.1 Å². The molecular formula is C10H11BrN4. The molecule has 0 bridgehead atoms. The van der Waals surface area contributed by atoms with Crippen LogP contribution in [0.1, 0.15) is 11.7 Å². The molecule has 0 aliphatic carbocycles. The smallest absolute Gasteiger partial charge is 0.132 e. The minimum absolute atomic E-state index is 0.505. The van der Waals surface area contributed by atoms with E-state index >= 15 is 0 Å². The van der Waals surface area contributed by atoms with Crippen molar-refractivity contribution in [1.82, 2.24) is 14.7 Å². The van der Waals surface area contributed by atoms with Gasteiger partial charge >= 0.3 is 0 Å². The van der Waals surface area contributed by atoms with Crippen molar-refractivity contribution in [3.63, 3.8) is 0 Å². The molecule has 0 aromatic carbocycles. The van der Waals surface area contributed by atoms with Crippen LogP contribution < -0.4 is 11.1 Å². The highest BCUT2D eigenvalue weighted by molar-refractivity contribution is 9.10. The highest BCUT2D eigenvalue weighted by Gasteiger charge is 2.24. The van der Waals surface area contributed by atoms with Crippen molar-refractivity contribution in [3.05, 3.63) is 28.8 Å². The van der Waals surface area contributed by atoms with Crippen LogP contribution in [0.15, 0.2) is 22.9 Å². The van der Waals surface area contributed by atoms with Gasteiger partial charge < -0.3 is 15.5 Å². The molecule has 0 unspecified atom stereocenters. The van der Waals surface area contributed by atoms with Crippen molar-refractivity contribution in [2.24, 2.45) is 0 Å². The number of fused-ring (bicyclic) bond motifs is 1. The van der Waals surface area contributed by atoms with E-state index in [4.69, 9.17) is 5.73 Å². The summed E-state index contributed by atoms with van der Waals surface area (Å²) < 4.78 is 2.97. The average molecular weight is 267 g/mol. The zero-order valence-corrected chi connectivity index (χ0v) is 9.66. The molecule has 0 saturated carbocycles. The minimum atomic E-state index is 0.505. The quantitative estimate of drug-likeness (QED) is 0.820. The Morgan fingerprint density at radius 1 is 1.47 bits per heavy atom. The number of anilines is 1. The monoisotopic (exact) mass is 266 g/mol. The summed E-state index contributed by atoms with van der Waals surface area (Å²) in [4.78, 5) is 4.54. The normalized spacial score (nSPS) is 16.9. The molecule has 4 nitrogen and oxygen atoms in total. The van der Waals surface area contributed by atoms with Crippen LogP contribution in [0, 0.1) is 0 Å². The summed E-state index contributed by atoms with van der Waals surface area (Å²) >= 11 is 3.47. The fraction of sp³-hybridized carbons (Fsp3) is 0.300. The summed E-state index contributed by atoms with van der Waals surface area (Å²) in [6.45, 7) is 2.00. The van der Waals surface area contributed by atoms with Gasteiger partial charge in [0.25, 0.3) is 0 Å². The average Bonchev–Trinajstić information content (AvgIpc) is 2.41. The molecule has 1 saturated heterocycles. The number of aromatic nitrogens is 2. The number of imidazole rings is 1. The number of nitrogens with one attached hydrogen (secondary N) is 1. The molecule has 1 aliphatic heterocycles. The Balaban J connectivity index is 2.24. The van der Waals surface area contributed by atoms with Crippen molar-refractivity contribution in [3.8, 4) is 0 Å². The second-order valence-corrected chi connectivity index (χ2v) is 4.58. The maximum atomic E-state index is 5.78. The first-order valence-corrected chi connectivity index (χ1v) is 5.68. The molecule has 0 amide bonds. The van der Waals surface area contributed by atoms with Gasteiger partial charge in [0.15, 0.2) is 0 Å². The topological polar surface area (TPSA) is 55.3 Å². The summed E-state index contributed by atoms with van der Waals surface area (Å²) in [6.07, 6.45) is 1.93. The summed E-state index contributed by atoms with van der Waals surface area (Å²) in [6, 6.07) is 3.88. The van der Waals surface area contributed by atoms with Gasteiger partial charge in [-0.25, -0.2) is 4.98 Å². The van der Waals surface area contributed by atoms with E-state index in [0.29, 0.717) is 5.92 Å². The Bertz CT molecular complexity index is 515. The Morgan fingerprint density at radius 2 is 2.27 bits per heavy atom. The number of halogens is 1. The van der Waals surface area contributed by atoms with E-state index in [1.807, 2.05) is 18.3 Å². The molecule has 3 heterocycles. The maximum absolute atomic E-state index is 5.78. The van der Waals surface area contributed by atoms with Crippen LogP contribution in [-0.4, -0.2) is 22.5 Å². The van der Waals surface area contributed by atoms with Gasteiger partial charge in [0.1, 0.15) is 10.4 Å². The second-order valence-electron chi connectivity index (χ2n) is 3.83. The van der Waals surface area contributed by atoms with E-state index < -0.39 is 0 Å². The zero-order chi connectivity index (χ0) is 10.4. The van der Waals surface area contributed by atoms with Crippen LogP contribution in [0.25, 0.3) is 5.52 Å². The van der Waals surface area contributed by atoms with E-state index in [1.165, 1.54) is 0 Å². The van der Waals surface area contributed by atoms with Gasteiger partial charge in [-0.1, -0.05) is 0 Å². The van der Waals surface area contributed by atoms with Crippen LogP contribution in [-0.2, 0) is 0 Å². The lowest BCUT2D eigenvalue weighted by Gasteiger charge is -2.25. The standard InChI is InChI=1S/C10H11BrN4/c11-9-8-2-1-7(12)5-15(8)10(14-9)6-3-13-4-6/h1-2,5-6,13H,3-4,12H2. The van der Waals surface area contributed by atoms with Crippen molar-refractivity contribution in [2.45, 2.75) is 5.92 Å². The van der Waals surface area contributed by atoms with Crippen LogP contribution in [0.3, 0.4) is 0 Å². The van der Waals surface area contributed by atoms with E-state index in [9.17, 15) is 0 Å². The first-order valence-electron chi connectivity index (χ1n) is 4.89. The lowest BCUT2D eigenvalue weighted by Crippen LogP contribution is -2.40. The van der Waals surface area contributed by atoms with E-state index in [0.717, 1.165) is 34.7 Å². The van der Waals surface area contributed by atoms with Crippen LogP contribution >= 0.6 is 15.9 Å². The molecule has 1 fully saturated rings. The van der Waals surface area contributed by atoms with Gasteiger partial charge in [0, 0.05) is 30.9 Å². The van der Waals surface area contributed by atoms with Crippen molar-refractivity contribution < 1.29 is 0 Å². The second kappa shape index (κ2) is 3.21. The van der Waals surface area contributed by atoms with Gasteiger partial charge in [-0.3, -0.25) is 0 Å². The highest BCUT2D eigenvalue weighted by Crippen LogP contribution is 2.26. The fourth-order valence-electron chi connectivity index (χ4n) is 1.85. The summed E-state index contributed by atoms with van der Waals surface area (Å²) in [5.41, 5.74) is 7.62. The number of hydrogen-bond donors (Lipinski definition) is 2. The molecular weight excluding hydrogens is 256 g/mol. The molecule has 2 aromatic rings. The predicted octanol–water partition coefficient (Wildman–Crippen LogP) is 1.37. The maximum Gasteiger partial charge on any atom is 0.132 e. The molecule has 1 aliphatic rings. The lowest BCUT2D eigenvalue weighted by atomic mass is 10.0. The Morgan fingerprint density at radius 3 is 2.93 bits per heavy atom. The molecule has 15 heavy (non-hydrogen) atoms. The summed E-state index contributed by atoms with van der Waals surface area (Å²) in [7, 11) is 0. The number of rotatable bonds is 1. The van der Waals surface area contributed by atoms with Gasteiger partial charge in [-0.15, -0.1) is 0 Å². The van der Waals surface area contributed by atoms with Gasteiger partial charge in [-0.2, -0.15) is 0 Å². The minimum Gasteiger partial charge on any atom is -0.398 e. The molecule has 0 radical (unpaired) electrons. The molecule has 0 atom stereocenters. The number of nitrogens with two attached hydrogens (primary N) is 1. The predicted molar refractivity (Wildman–Crippen MR) is 62.9 cm³/mol. The number of pyridine rings is 1. The number of hydrogen-bond acceptors (Lipinski definition) is 3. The molecule has 78 valence electrons. The number of nitrogens with zero attached hydrogens (tertiary/aromatic N) is 2. The first kappa shape index (κ1) is 9.18. The van der Waals surface area contributed by atoms with E-state index in [1.54, 1.807) is 0 Å². The van der Waals surface area contributed by atoms with Gasteiger partial charge in [-0.05, 0) is 28.1 Å².